The number of halogens is 3. The SMILES string of the molecule is COc1ccc(-c2nnc(SCC(=O)Nc3cc(C(F)(F)F)ccc3-n3cncn3)n2C)cc1. The zero-order valence-corrected chi connectivity index (χ0v) is 18.8. The van der Waals surface area contributed by atoms with E-state index in [1.54, 1.807) is 30.9 Å². The van der Waals surface area contributed by atoms with Crippen molar-refractivity contribution in [3.63, 3.8) is 0 Å². The minimum atomic E-state index is -4.56. The summed E-state index contributed by atoms with van der Waals surface area (Å²) in [5.41, 5.74) is 0.136. The number of rotatable bonds is 7. The lowest BCUT2D eigenvalue weighted by molar-refractivity contribution is -0.137. The molecule has 0 aliphatic heterocycles. The van der Waals surface area contributed by atoms with Crippen molar-refractivity contribution in [2.75, 3.05) is 18.2 Å². The van der Waals surface area contributed by atoms with E-state index in [0.717, 1.165) is 29.5 Å². The molecule has 1 N–H and O–H groups in total. The summed E-state index contributed by atoms with van der Waals surface area (Å²) in [6.07, 6.45) is -1.99. The lowest BCUT2D eigenvalue weighted by atomic mass is 10.1. The van der Waals surface area contributed by atoms with E-state index in [1.807, 2.05) is 12.1 Å². The van der Waals surface area contributed by atoms with Gasteiger partial charge in [-0.05, 0) is 42.5 Å². The normalized spacial score (nSPS) is 11.4. The maximum atomic E-state index is 13.2. The van der Waals surface area contributed by atoms with Crippen LogP contribution in [0.2, 0.25) is 0 Å². The van der Waals surface area contributed by atoms with Crippen LogP contribution in [0.25, 0.3) is 17.1 Å². The average molecular weight is 489 g/mol. The van der Waals surface area contributed by atoms with E-state index < -0.39 is 17.6 Å². The second kappa shape index (κ2) is 9.55. The molecule has 2 heterocycles. The van der Waals surface area contributed by atoms with E-state index in [2.05, 4.69) is 25.6 Å². The molecule has 0 saturated carbocycles. The zero-order chi connectivity index (χ0) is 24.3. The lowest BCUT2D eigenvalue weighted by Gasteiger charge is -2.14. The van der Waals surface area contributed by atoms with Crippen molar-refractivity contribution >= 4 is 23.4 Å². The molecule has 0 aliphatic carbocycles. The third-order valence-corrected chi connectivity index (χ3v) is 5.80. The van der Waals surface area contributed by atoms with Gasteiger partial charge in [0.2, 0.25) is 5.91 Å². The summed E-state index contributed by atoms with van der Waals surface area (Å²) >= 11 is 1.11. The third kappa shape index (κ3) is 5.03. The van der Waals surface area contributed by atoms with Gasteiger partial charge in [0.1, 0.15) is 18.4 Å². The third-order valence-electron chi connectivity index (χ3n) is 4.78. The summed E-state index contributed by atoms with van der Waals surface area (Å²) in [5, 5.41) is 15.2. The monoisotopic (exact) mass is 489 g/mol. The van der Waals surface area contributed by atoms with Crippen LogP contribution in [-0.4, -0.2) is 48.3 Å². The van der Waals surface area contributed by atoms with Crippen molar-refractivity contribution in [2.45, 2.75) is 11.3 Å². The molecule has 0 spiro atoms. The number of carbonyl (C=O) groups is 1. The molecule has 13 heteroatoms. The van der Waals surface area contributed by atoms with Crippen molar-refractivity contribution in [2.24, 2.45) is 7.05 Å². The first-order valence-corrected chi connectivity index (χ1v) is 10.8. The number of alkyl halides is 3. The summed E-state index contributed by atoms with van der Waals surface area (Å²) in [6.45, 7) is 0. The van der Waals surface area contributed by atoms with E-state index in [4.69, 9.17) is 4.74 Å². The Hall–Kier alpha value is -3.87. The second-order valence-electron chi connectivity index (χ2n) is 7.00. The number of aromatic nitrogens is 6. The first kappa shape index (κ1) is 23.3. The molecule has 0 fully saturated rings. The number of carbonyl (C=O) groups excluding carboxylic acids is 1. The number of ether oxygens (including phenoxy) is 1. The summed E-state index contributed by atoms with van der Waals surface area (Å²) in [5.74, 6) is 0.690. The molecule has 4 rings (SSSR count). The number of hydrogen-bond acceptors (Lipinski definition) is 7. The Balaban J connectivity index is 1.49. The number of thioether (sulfide) groups is 1. The Morgan fingerprint density at radius 3 is 2.56 bits per heavy atom. The van der Waals surface area contributed by atoms with E-state index in [0.29, 0.717) is 16.7 Å². The standard InChI is InChI=1S/C21H18F3N7O2S/c1-30-19(13-3-6-15(33-2)7-4-13)28-29-20(30)34-10-18(32)27-16-9-14(21(22,23)24)5-8-17(16)31-12-25-11-26-31/h3-9,11-12H,10H2,1-2H3,(H,27,32). The predicted molar refractivity (Wildman–Crippen MR) is 119 cm³/mol. The topological polar surface area (TPSA) is 99.8 Å². The number of anilines is 1. The first-order chi connectivity index (χ1) is 16.3. The van der Waals surface area contributed by atoms with E-state index in [9.17, 15) is 18.0 Å². The fourth-order valence-corrected chi connectivity index (χ4v) is 3.80. The van der Waals surface area contributed by atoms with Crippen molar-refractivity contribution in [3.05, 3.63) is 60.7 Å². The fraction of sp³-hybridized carbons (Fsp3) is 0.190. The molecular weight excluding hydrogens is 471 g/mol. The van der Waals surface area contributed by atoms with Crippen LogP contribution in [0.5, 0.6) is 5.75 Å². The molecule has 0 unspecified atom stereocenters. The van der Waals surface area contributed by atoms with Crippen molar-refractivity contribution in [3.8, 4) is 22.8 Å². The van der Waals surface area contributed by atoms with E-state index in [-0.39, 0.29) is 17.1 Å². The molecule has 2 aromatic heterocycles. The van der Waals surface area contributed by atoms with Gasteiger partial charge in [0.05, 0.1) is 29.8 Å². The van der Waals surface area contributed by atoms with E-state index in [1.165, 1.54) is 23.4 Å². The maximum Gasteiger partial charge on any atom is 0.416 e. The molecule has 176 valence electrons. The molecule has 1 amide bonds. The Labute approximate surface area is 196 Å². The second-order valence-corrected chi connectivity index (χ2v) is 7.94. The Kier molecular flexibility index (Phi) is 6.54. The Morgan fingerprint density at radius 2 is 1.91 bits per heavy atom. The van der Waals surface area contributed by atoms with Gasteiger partial charge in [0, 0.05) is 12.6 Å². The minimum absolute atomic E-state index is 0.0391. The van der Waals surface area contributed by atoms with Crippen LogP contribution in [0.4, 0.5) is 18.9 Å². The first-order valence-electron chi connectivity index (χ1n) is 9.79. The molecule has 0 bridgehead atoms. The van der Waals surface area contributed by atoms with Gasteiger partial charge >= 0.3 is 6.18 Å². The molecule has 9 nitrogen and oxygen atoms in total. The number of nitrogens with zero attached hydrogens (tertiary/aromatic N) is 6. The van der Waals surface area contributed by atoms with Gasteiger partial charge in [-0.1, -0.05) is 11.8 Å². The van der Waals surface area contributed by atoms with Crippen LogP contribution in [0.3, 0.4) is 0 Å². The highest BCUT2D eigenvalue weighted by Gasteiger charge is 2.31. The summed E-state index contributed by atoms with van der Waals surface area (Å²) in [6, 6.07) is 10.3. The largest absolute Gasteiger partial charge is 0.497 e. The predicted octanol–water partition coefficient (Wildman–Crippen LogP) is 3.82. The maximum absolute atomic E-state index is 13.2. The Bertz CT molecular complexity index is 1290. The van der Waals surface area contributed by atoms with Crippen LogP contribution in [0.15, 0.2) is 60.3 Å². The molecular formula is C21H18F3N7O2S. The van der Waals surface area contributed by atoms with Crippen LogP contribution in [0.1, 0.15) is 5.56 Å². The van der Waals surface area contributed by atoms with Gasteiger partial charge in [-0.3, -0.25) is 4.79 Å². The Morgan fingerprint density at radius 1 is 1.15 bits per heavy atom. The highest BCUT2D eigenvalue weighted by atomic mass is 32.2. The number of amides is 1. The minimum Gasteiger partial charge on any atom is -0.497 e. The van der Waals surface area contributed by atoms with Crippen LogP contribution < -0.4 is 10.1 Å². The van der Waals surface area contributed by atoms with Crippen LogP contribution in [-0.2, 0) is 18.0 Å². The van der Waals surface area contributed by atoms with Gasteiger partial charge in [-0.15, -0.1) is 10.2 Å². The molecule has 0 radical (unpaired) electrons. The summed E-state index contributed by atoms with van der Waals surface area (Å²) in [4.78, 5) is 16.4. The highest BCUT2D eigenvalue weighted by molar-refractivity contribution is 7.99. The lowest BCUT2D eigenvalue weighted by Crippen LogP contribution is -2.17. The van der Waals surface area contributed by atoms with Crippen molar-refractivity contribution in [1.82, 2.24) is 29.5 Å². The van der Waals surface area contributed by atoms with Crippen molar-refractivity contribution < 1.29 is 22.7 Å². The van der Waals surface area contributed by atoms with Gasteiger partial charge in [0.25, 0.3) is 0 Å². The van der Waals surface area contributed by atoms with Gasteiger partial charge < -0.3 is 14.6 Å². The summed E-state index contributed by atoms with van der Waals surface area (Å²) < 4.78 is 47.8. The molecule has 2 aromatic carbocycles. The number of nitrogens with one attached hydrogen (secondary N) is 1. The van der Waals surface area contributed by atoms with Gasteiger partial charge in [-0.25, -0.2) is 9.67 Å². The van der Waals surface area contributed by atoms with Crippen molar-refractivity contribution in [1.29, 1.82) is 0 Å². The molecule has 34 heavy (non-hydrogen) atoms. The quantitative estimate of drug-likeness (QED) is 0.394. The highest BCUT2D eigenvalue weighted by Crippen LogP contribution is 2.33. The van der Waals surface area contributed by atoms with Gasteiger partial charge in [-0.2, -0.15) is 18.3 Å². The number of benzene rings is 2. The molecule has 0 saturated heterocycles. The fourth-order valence-electron chi connectivity index (χ4n) is 3.09. The van der Waals surface area contributed by atoms with Crippen LogP contribution in [0, 0.1) is 0 Å². The molecule has 0 aliphatic rings. The van der Waals surface area contributed by atoms with Crippen LogP contribution >= 0.6 is 11.8 Å². The zero-order valence-electron chi connectivity index (χ0n) is 17.9. The van der Waals surface area contributed by atoms with E-state index >= 15 is 0 Å². The number of hydrogen-bond donors (Lipinski definition) is 1. The van der Waals surface area contributed by atoms with Gasteiger partial charge in [0.15, 0.2) is 11.0 Å². The average Bonchev–Trinajstić information content (AvgIpc) is 3.47. The smallest absolute Gasteiger partial charge is 0.416 e. The number of methoxy groups -OCH3 is 1. The molecule has 0 atom stereocenters. The summed E-state index contributed by atoms with van der Waals surface area (Å²) in [7, 11) is 3.33. The molecule has 4 aromatic rings.